The summed E-state index contributed by atoms with van der Waals surface area (Å²) in [5.74, 6) is -4.73. The second-order valence-corrected chi connectivity index (χ2v) is 5.19. The summed E-state index contributed by atoms with van der Waals surface area (Å²) >= 11 is 0. The molecule has 1 rings (SSSR count). The normalized spacial score (nSPS) is 9.32. The highest BCUT2D eigenvalue weighted by Crippen LogP contribution is 2.10. The zero-order valence-electron chi connectivity index (χ0n) is 15.0. The highest BCUT2D eigenvalue weighted by Gasteiger charge is 2.17. The Balaban J connectivity index is 0.000000769. The molecular weight excluding hydrogens is 376 g/mol. The molecule has 0 bridgehead atoms. The van der Waals surface area contributed by atoms with Crippen LogP contribution in [0.2, 0.25) is 0 Å². The van der Waals surface area contributed by atoms with Gasteiger partial charge in [0.05, 0.1) is 24.0 Å². The second kappa shape index (κ2) is 12.6. The van der Waals surface area contributed by atoms with Gasteiger partial charge < -0.3 is 24.8 Å². The SMILES string of the molecule is C=C(C)C(=O)OCCOC(=O)c1ccccc1C(=O)O.O=C(O)CCC(=O)O. The molecule has 28 heavy (non-hydrogen) atoms. The van der Waals surface area contributed by atoms with Crippen LogP contribution in [0.5, 0.6) is 0 Å². The largest absolute Gasteiger partial charge is 0.481 e. The van der Waals surface area contributed by atoms with Crippen LogP contribution in [0.4, 0.5) is 0 Å². The molecule has 0 saturated carbocycles. The number of hydrogen-bond donors (Lipinski definition) is 3. The topological polar surface area (TPSA) is 164 Å². The summed E-state index contributed by atoms with van der Waals surface area (Å²) in [5, 5.41) is 24.7. The number of carbonyl (C=O) groups excluding carboxylic acids is 2. The number of carboxylic acids is 3. The van der Waals surface area contributed by atoms with Crippen LogP contribution in [0.15, 0.2) is 36.4 Å². The van der Waals surface area contributed by atoms with E-state index < -0.39 is 29.8 Å². The minimum absolute atomic E-state index is 0.0498. The van der Waals surface area contributed by atoms with Gasteiger partial charge in [-0.3, -0.25) is 9.59 Å². The fraction of sp³-hybridized carbons (Fsp3) is 0.278. The molecule has 1 aromatic carbocycles. The number of hydrogen-bond acceptors (Lipinski definition) is 7. The molecule has 0 saturated heterocycles. The Labute approximate surface area is 160 Å². The van der Waals surface area contributed by atoms with E-state index in [-0.39, 0.29) is 42.8 Å². The van der Waals surface area contributed by atoms with Crippen molar-refractivity contribution < 1.29 is 48.8 Å². The van der Waals surface area contributed by atoms with Crippen LogP contribution in [0, 0.1) is 0 Å². The summed E-state index contributed by atoms with van der Waals surface area (Å²) in [6, 6.07) is 5.70. The number of carbonyl (C=O) groups is 5. The fourth-order valence-electron chi connectivity index (χ4n) is 1.53. The number of aliphatic carboxylic acids is 2. The van der Waals surface area contributed by atoms with E-state index >= 15 is 0 Å². The van der Waals surface area contributed by atoms with Crippen molar-refractivity contribution in [3.05, 3.63) is 47.5 Å². The molecule has 0 unspecified atom stereocenters. The maximum atomic E-state index is 11.7. The zero-order valence-corrected chi connectivity index (χ0v) is 15.0. The van der Waals surface area contributed by atoms with Gasteiger partial charge in [-0.15, -0.1) is 0 Å². The maximum absolute atomic E-state index is 11.7. The third-order valence-corrected chi connectivity index (χ3v) is 2.83. The van der Waals surface area contributed by atoms with E-state index in [1.807, 2.05) is 0 Å². The third kappa shape index (κ3) is 10.3. The Morgan fingerprint density at radius 1 is 0.857 bits per heavy atom. The molecule has 1 aromatic rings. The first-order chi connectivity index (χ1) is 13.1. The molecule has 0 aromatic heterocycles. The smallest absolute Gasteiger partial charge is 0.339 e. The first-order valence-corrected chi connectivity index (χ1v) is 7.82. The quantitative estimate of drug-likeness (QED) is 0.317. The lowest BCUT2D eigenvalue weighted by atomic mass is 10.1. The van der Waals surface area contributed by atoms with Gasteiger partial charge >= 0.3 is 29.8 Å². The lowest BCUT2D eigenvalue weighted by molar-refractivity contribution is -0.143. The van der Waals surface area contributed by atoms with Crippen molar-refractivity contribution >= 4 is 29.8 Å². The van der Waals surface area contributed by atoms with Crippen molar-refractivity contribution in [2.75, 3.05) is 13.2 Å². The molecule has 3 N–H and O–H groups in total. The van der Waals surface area contributed by atoms with Crippen molar-refractivity contribution in [1.82, 2.24) is 0 Å². The van der Waals surface area contributed by atoms with Crippen LogP contribution in [0.25, 0.3) is 0 Å². The van der Waals surface area contributed by atoms with Gasteiger partial charge in [-0.25, -0.2) is 14.4 Å². The molecule has 10 heteroatoms. The number of rotatable bonds is 9. The monoisotopic (exact) mass is 396 g/mol. The van der Waals surface area contributed by atoms with Gasteiger partial charge in [0.15, 0.2) is 0 Å². The molecular formula is C18H20O10. The molecule has 10 nitrogen and oxygen atoms in total. The second-order valence-electron chi connectivity index (χ2n) is 5.19. The van der Waals surface area contributed by atoms with Gasteiger partial charge in [0.2, 0.25) is 0 Å². The Morgan fingerprint density at radius 2 is 1.32 bits per heavy atom. The highest BCUT2D eigenvalue weighted by molar-refractivity contribution is 6.02. The standard InChI is InChI=1S/C14H14O6.C4H6O4/c1-9(2)13(17)19-7-8-20-14(18)11-6-4-3-5-10(11)12(15)16;5-3(6)1-2-4(7)8/h3-6H,1,7-8H2,2H3,(H,15,16);1-2H2,(H,5,6)(H,7,8). The average Bonchev–Trinajstić information content (AvgIpc) is 2.63. The Bertz CT molecular complexity index is 736. The molecule has 152 valence electrons. The molecule has 0 amide bonds. The van der Waals surface area contributed by atoms with E-state index in [0.717, 1.165) is 0 Å². The van der Waals surface area contributed by atoms with Crippen LogP contribution >= 0.6 is 0 Å². The fourth-order valence-corrected chi connectivity index (χ4v) is 1.53. The lowest BCUT2D eigenvalue weighted by Crippen LogP contribution is -2.16. The number of ether oxygens (including phenoxy) is 2. The molecule has 0 aliphatic rings. The minimum atomic E-state index is -1.22. The minimum Gasteiger partial charge on any atom is -0.481 e. The predicted octanol–water partition coefficient (Wildman–Crippen LogP) is 1.60. The third-order valence-electron chi connectivity index (χ3n) is 2.83. The summed E-state index contributed by atoms with van der Waals surface area (Å²) in [5.41, 5.74) is 0.0511. The number of carboxylic acid groups (broad SMARTS) is 3. The van der Waals surface area contributed by atoms with Crippen LogP contribution in [0.1, 0.15) is 40.5 Å². The maximum Gasteiger partial charge on any atom is 0.339 e. The highest BCUT2D eigenvalue weighted by atomic mass is 16.6. The Kier molecular flexibility index (Phi) is 11.0. The Hall–Kier alpha value is -3.69. The van der Waals surface area contributed by atoms with Gasteiger partial charge in [-0.2, -0.15) is 0 Å². The summed E-state index contributed by atoms with van der Waals surface area (Å²) in [6.45, 7) is 4.62. The van der Waals surface area contributed by atoms with E-state index in [1.54, 1.807) is 0 Å². The molecule has 0 heterocycles. The van der Waals surface area contributed by atoms with Crippen LogP contribution < -0.4 is 0 Å². The first-order valence-electron chi connectivity index (χ1n) is 7.82. The van der Waals surface area contributed by atoms with Crippen LogP contribution in [-0.2, 0) is 23.9 Å². The van der Waals surface area contributed by atoms with E-state index in [0.29, 0.717) is 0 Å². The molecule has 0 fully saturated rings. The average molecular weight is 396 g/mol. The van der Waals surface area contributed by atoms with Crippen molar-refractivity contribution in [3.8, 4) is 0 Å². The summed E-state index contributed by atoms with van der Waals surface area (Å²) in [4.78, 5) is 53.0. The lowest BCUT2D eigenvalue weighted by Gasteiger charge is -2.07. The van der Waals surface area contributed by atoms with Gasteiger partial charge in [-0.05, 0) is 19.1 Å². The summed E-state index contributed by atoms with van der Waals surface area (Å²) < 4.78 is 9.58. The van der Waals surface area contributed by atoms with Crippen molar-refractivity contribution in [2.45, 2.75) is 19.8 Å². The predicted molar refractivity (Wildman–Crippen MR) is 94.0 cm³/mol. The number of benzene rings is 1. The number of esters is 2. The van der Waals surface area contributed by atoms with Gasteiger partial charge in [0, 0.05) is 5.57 Å². The van der Waals surface area contributed by atoms with Crippen molar-refractivity contribution in [1.29, 1.82) is 0 Å². The molecule has 0 atom stereocenters. The van der Waals surface area contributed by atoms with E-state index in [2.05, 4.69) is 6.58 Å². The Morgan fingerprint density at radius 3 is 1.75 bits per heavy atom. The molecule has 0 aliphatic carbocycles. The van der Waals surface area contributed by atoms with E-state index in [4.69, 9.17) is 24.8 Å². The van der Waals surface area contributed by atoms with Gasteiger partial charge in [-0.1, -0.05) is 18.7 Å². The van der Waals surface area contributed by atoms with Gasteiger partial charge in [0.25, 0.3) is 0 Å². The summed E-state index contributed by atoms with van der Waals surface area (Å²) in [6.07, 6.45) is -0.593. The summed E-state index contributed by atoms with van der Waals surface area (Å²) in [7, 11) is 0. The molecule has 0 radical (unpaired) electrons. The molecule has 0 aliphatic heterocycles. The van der Waals surface area contributed by atoms with Crippen LogP contribution in [-0.4, -0.2) is 58.4 Å². The van der Waals surface area contributed by atoms with Gasteiger partial charge in [0.1, 0.15) is 13.2 Å². The van der Waals surface area contributed by atoms with Crippen LogP contribution in [0.3, 0.4) is 0 Å². The zero-order chi connectivity index (χ0) is 21.7. The van der Waals surface area contributed by atoms with E-state index in [9.17, 15) is 24.0 Å². The molecule has 0 spiro atoms. The number of aromatic carboxylic acids is 1. The van der Waals surface area contributed by atoms with Crippen molar-refractivity contribution in [2.24, 2.45) is 0 Å². The first kappa shape index (κ1) is 24.3. The van der Waals surface area contributed by atoms with Crippen molar-refractivity contribution in [3.63, 3.8) is 0 Å². The van der Waals surface area contributed by atoms with E-state index in [1.165, 1.54) is 31.2 Å².